The number of phenols is 1. The summed E-state index contributed by atoms with van der Waals surface area (Å²) in [6.07, 6.45) is 3.40. The number of thioether (sulfide) groups is 1. The molecule has 0 aliphatic heterocycles. The van der Waals surface area contributed by atoms with Gasteiger partial charge in [-0.2, -0.15) is 5.10 Å². The van der Waals surface area contributed by atoms with Crippen molar-refractivity contribution in [2.24, 2.45) is 15.9 Å². The average molecular weight is 209 g/mol. The fraction of sp³-hybridized carbons (Fsp3) is 0.111. The predicted molar refractivity (Wildman–Crippen MR) is 60.8 cm³/mol. The molecule has 0 amide bonds. The highest BCUT2D eigenvalue weighted by Gasteiger charge is 1.88. The second-order valence-corrected chi connectivity index (χ2v) is 3.30. The molecule has 3 N–H and O–H groups in total. The number of nitrogens with two attached hydrogens (primary N) is 1. The number of phenolic OH excluding ortho intramolecular Hbond substituents is 1. The summed E-state index contributed by atoms with van der Waals surface area (Å²) < 4.78 is 0. The molecule has 0 fully saturated rings. The van der Waals surface area contributed by atoms with E-state index in [1.807, 2.05) is 6.26 Å². The maximum atomic E-state index is 9.01. The van der Waals surface area contributed by atoms with Crippen molar-refractivity contribution in [3.63, 3.8) is 0 Å². The van der Waals surface area contributed by atoms with Gasteiger partial charge in [-0.15, -0.1) is 5.10 Å². The number of hydrogen-bond acceptors (Lipinski definition) is 4. The first-order valence-corrected chi connectivity index (χ1v) is 5.14. The molecular weight excluding hydrogens is 198 g/mol. The Balaban J connectivity index is 2.65. The van der Waals surface area contributed by atoms with Gasteiger partial charge < -0.3 is 10.8 Å². The number of amidine groups is 1. The van der Waals surface area contributed by atoms with E-state index in [1.54, 1.807) is 30.5 Å². The monoisotopic (exact) mass is 209 g/mol. The summed E-state index contributed by atoms with van der Waals surface area (Å²) in [5.41, 5.74) is 6.28. The summed E-state index contributed by atoms with van der Waals surface area (Å²) >= 11 is 1.34. The lowest BCUT2D eigenvalue weighted by molar-refractivity contribution is 0.475. The van der Waals surface area contributed by atoms with Crippen molar-refractivity contribution in [2.45, 2.75) is 0 Å². The number of benzene rings is 1. The summed E-state index contributed by atoms with van der Waals surface area (Å²) in [5, 5.41) is 16.9. The van der Waals surface area contributed by atoms with E-state index < -0.39 is 0 Å². The van der Waals surface area contributed by atoms with Crippen LogP contribution in [0, 0.1) is 0 Å². The van der Waals surface area contributed by atoms with E-state index in [4.69, 9.17) is 10.8 Å². The molecule has 1 aromatic carbocycles. The lowest BCUT2D eigenvalue weighted by atomic mass is 10.2. The van der Waals surface area contributed by atoms with Gasteiger partial charge >= 0.3 is 0 Å². The molecule has 14 heavy (non-hydrogen) atoms. The molecule has 1 rings (SSSR count). The first-order valence-electron chi connectivity index (χ1n) is 3.92. The number of nitrogens with zero attached hydrogens (tertiary/aromatic N) is 2. The summed E-state index contributed by atoms with van der Waals surface area (Å²) in [6, 6.07) is 6.65. The van der Waals surface area contributed by atoms with Crippen molar-refractivity contribution in [3.8, 4) is 5.75 Å². The fourth-order valence-electron chi connectivity index (χ4n) is 0.754. The Morgan fingerprint density at radius 2 is 2.07 bits per heavy atom. The fourth-order valence-corrected chi connectivity index (χ4v) is 0.882. The van der Waals surface area contributed by atoms with Crippen LogP contribution >= 0.6 is 11.8 Å². The molecular formula is C9H11N3OS. The molecule has 0 radical (unpaired) electrons. The van der Waals surface area contributed by atoms with Gasteiger partial charge in [0.25, 0.3) is 0 Å². The van der Waals surface area contributed by atoms with E-state index in [2.05, 4.69) is 10.2 Å². The molecule has 1 aromatic rings. The van der Waals surface area contributed by atoms with Crippen LogP contribution in [0.15, 0.2) is 34.5 Å². The van der Waals surface area contributed by atoms with Crippen molar-refractivity contribution in [2.75, 3.05) is 6.26 Å². The predicted octanol–water partition coefficient (Wildman–Crippen LogP) is 1.40. The zero-order chi connectivity index (χ0) is 10.4. The Hall–Kier alpha value is -1.49. The highest BCUT2D eigenvalue weighted by molar-refractivity contribution is 8.13. The van der Waals surface area contributed by atoms with Crippen LogP contribution in [-0.2, 0) is 0 Å². The van der Waals surface area contributed by atoms with Crippen LogP contribution in [0.5, 0.6) is 5.75 Å². The molecule has 0 spiro atoms. The van der Waals surface area contributed by atoms with E-state index in [0.717, 1.165) is 5.56 Å². The van der Waals surface area contributed by atoms with Gasteiger partial charge in [-0.3, -0.25) is 0 Å². The quantitative estimate of drug-likeness (QED) is 0.439. The third-order valence-corrected chi connectivity index (χ3v) is 1.97. The molecule has 0 aromatic heterocycles. The van der Waals surface area contributed by atoms with Crippen LogP contribution in [0.25, 0.3) is 0 Å². The Labute approximate surface area is 86.5 Å². The summed E-state index contributed by atoms with van der Waals surface area (Å²) in [6.45, 7) is 0. The van der Waals surface area contributed by atoms with Gasteiger partial charge in [0.15, 0.2) is 5.17 Å². The topological polar surface area (TPSA) is 71.0 Å². The van der Waals surface area contributed by atoms with Crippen LogP contribution < -0.4 is 5.73 Å². The van der Waals surface area contributed by atoms with Crippen molar-refractivity contribution in [1.29, 1.82) is 0 Å². The number of hydrogen-bond donors (Lipinski definition) is 2. The highest BCUT2D eigenvalue weighted by atomic mass is 32.2. The first-order chi connectivity index (χ1) is 6.72. The maximum Gasteiger partial charge on any atom is 0.180 e. The van der Waals surface area contributed by atoms with Gasteiger partial charge in [-0.25, -0.2) is 0 Å². The van der Waals surface area contributed by atoms with Crippen LogP contribution in [0.1, 0.15) is 5.56 Å². The van der Waals surface area contributed by atoms with E-state index in [1.165, 1.54) is 11.8 Å². The average Bonchev–Trinajstić information content (AvgIpc) is 2.21. The van der Waals surface area contributed by atoms with Crippen LogP contribution in [0.3, 0.4) is 0 Å². The van der Waals surface area contributed by atoms with E-state index in [-0.39, 0.29) is 5.75 Å². The molecule has 0 atom stereocenters. The van der Waals surface area contributed by atoms with Crippen molar-refractivity contribution < 1.29 is 5.11 Å². The maximum absolute atomic E-state index is 9.01. The zero-order valence-corrected chi connectivity index (χ0v) is 8.53. The lowest BCUT2D eigenvalue weighted by Gasteiger charge is -1.92. The second-order valence-electron chi connectivity index (χ2n) is 2.48. The summed E-state index contributed by atoms with van der Waals surface area (Å²) in [5.74, 6) is 0.231. The van der Waals surface area contributed by atoms with Gasteiger partial charge in [0.2, 0.25) is 0 Å². The standard InChI is InChI=1S/C9H11N3OS/c1-14-9(10)12-11-6-7-2-4-8(13)5-3-7/h2-6,13H,1H3,(H2,10,12)/b11-6-. The van der Waals surface area contributed by atoms with Gasteiger partial charge in [-0.1, -0.05) is 11.8 Å². The summed E-state index contributed by atoms with van der Waals surface area (Å²) in [7, 11) is 0. The number of aromatic hydroxyl groups is 1. The van der Waals surface area contributed by atoms with E-state index in [0.29, 0.717) is 5.17 Å². The lowest BCUT2D eigenvalue weighted by Crippen LogP contribution is -2.03. The molecule has 5 heteroatoms. The van der Waals surface area contributed by atoms with Crippen molar-refractivity contribution in [1.82, 2.24) is 0 Å². The molecule has 0 saturated carbocycles. The molecule has 0 aliphatic carbocycles. The zero-order valence-electron chi connectivity index (χ0n) is 7.71. The minimum absolute atomic E-state index is 0.231. The Kier molecular flexibility index (Phi) is 4.00. The molecule has 4 nitrogen and oxygen atoms in total. The highest BCUT2D eigenvalue weighted by Crippen LogP contribution is 2.07. The molecule has 0 saturated heterocycles. The molecule has 74 valence electrons. The second kappa shape index (κ2) is 5.29. The molecule has 0 bridgehead atoms. The Bertz CT molecular complexity index is 346. The van der Waals surface area contributed by atoms with Gasteiger partial charge in [0.05, 0.1) is 6.21 Å². The third kappa shape index (κ3) is 3.49. The largest absolute Gasteiger partial charge is 0.508 e. The smallest absolute Gasteiger partial charge is 0.180 e. The van der Waals surface area contributed by atoms with Gasteiger partial charge in [-0.05, 0) is 36.1 Å². The molecule has 0 unspecified atom stereocenters. The Morgan fingerprint density at radius 1 is 1.43 bits per heavy atom. The summed E-state index contributed by atoms with van der Waals surface area (Å²) in [4.78, 5) is 0. The van der Waals surface area contributed by atoms with Crippen LogP contribution in [-0.4, -0.2) is 22.7 Å². The molecule has 0 heterocycles. The van der Waals surface area contributed by atoms with E-state index >= 15 is 0 Å². The van der Waals surface area contributed by atoms with Gasteiger partial charge in [0, 0.05) is 0 Å². The van der Waals surface area contributed by atoms with E-state index in [9.17, 15) is 0 Å². The molecule has 0 aliphatic rings. The normalized spacial score (nSPS) is 12.2. The third-order valence-electron chi connectivity index (χ3n) is 1.47. The SMILES string of the molecule is CS/C(N)=N/N=C\c1ccc(O)cc1. The van der Waals surface area contributed by atoms with Gasteiger partial charge in [0.1, 0.15) is 5.75 Å². The Morgan fingerprint density at radius 3 is 2.64 bits per heavy atom. The van der Waals surface area contributed by atoms with Crippen molar-refractivity contribution >= 4 is 23.1 Å². The number of rotatable bonds is 2. The van der Waals surface area contributed by atoms with Crippen molar-refractivity contribution in [3.05, 3.63) is 29.8 Å². The minimum atomic E-state index is 0.231. The minimum Gasteiger partial charge on any atom is -0.508 e. The van der Waals surface area contributed by atoms with Crippen LogP contribution in [0.2, 0.25) is 0 Å². The van der Waals surface area contributed by atoms with Crippen LogP contribution in [0.4, 0.5) is 0 Å². The first kappa shape index (κ1) is 10.6.